The fourth-order valence-corrected chi connectivity index (χ4v) is 4.60. The summed E-state index contributed by atoms with van der Waals surface area (Å²) in [6, 6.07) is 20.7. The van der Waals surface area contributed by atoms with Crippen LogP contribution in [0, 0.1) is 13.8 Å². The number of nitrogens with one attached hydrogen (secondary N) is 2. The van der Waals surface area contributed by atoms with Crippen molar-refractivity contribution in [2.24, 2.45) is 0 Å². The standard InChI is InChI=1S/C26H23N5O2S/c1-15-9-10-16(2)21(13-15)28-25-30-31-24(33)20-12-11-19(14-22(20)29-26(31)34-25)23(32)27-17(3)18-7-5-4-6-8-18/h4-14,17H,1-3H3,(H,27,32)(H,28,30)/t17-/m1/s1. The van der Waals surface area contributed by atoms with Crippen molar-refractivity contribution in [2.45, 2.75) is 26.8 Å². The molecule has 1 atom stereocenters. The van der Waals surface area contributed by atoms with E-state index in [-0.39, 0.29) is 17.5 Å². The van der Waals surface area contributed by atoms with E-state index in [0.717, 1.165) is 22.4 Å². The second-order valence-corrected chi connectivity index (χ2v) is 9.26. The number of rotatable bonds is 5. The van der Waals surface area contributed by atoms with Crippen LogP contribution in [0.3, 0.4) is 0 Å². The molecule has 0 saturated carbocycles. The third-order valence-electron chi connectivity index (χ3n) is 5.74. The number of carbonyl (C=O) groups excluding carboxylic acids is 1. The van der Waals surface area contributed by atoms with Crippen molar-refractivity contribution >= 4 is 43.9 Å². The Kier molecular flexibility index (Phi) is 5.59. The van der Waals surface area contributed by atoms with Crippen molar-refractivity contribution in [1.82, 2.24) is 19.9 Å². The Morgan fingerprint density at radius 1 is 1.03 bits per heavy atom. The summed E-state index contributed by atoms with van der Waals surface area (Å²) in [6.45, 7) is 5.97. The topological polar surface area (TPSA) is 88.4 Å². The van der Waals surface area contributed by atoms with Crippen molar-refractivity contribution in [3.63, 3.8) is 0 Å². The molecule has 0 aliphatic rings. The molecule has 3 aromatic carbocycles. The predicted molar refractivity (Wildman–Crippen MR) is 136 cm³/mol. The highest BCUT2D eigenvalue weighted by atomic mass is 32.1. The van der Waals surface area contributed by atoms with Crippen LogP contribution in [0.25, 0.3) is 15.9 Å². The summed E-state index contributed by atoms with van der Waals surface area (Å²) in [6.07, 6.45) is 0. The molecule has 8 heteroatoms. The molecule has 0 bridgehead atoms. The first-order valence-corrected chi connectivity index (χ1v) is 11.7. The van der Waals surface area contributed by atoms with Gasteiger partial charge in [-0.05, 0) is 61.7 Å². The second kappa shape index (κ2) is 8.72. The molecule has 0 aliphatic heterocycles. The van der Waals surface area contributed by atoms with E-state index >= 15 is 0 Å². The lowest BCUT2D eigenvalue weighted by Gasteiger charge is -2.14. The molecule has 0 radical (unpaired) electrons. The molecule has 0 unspecified atom stereocenters. The number of nitrogens with zero attached hydrogens (tertiary/aromatic N) is 3. The summed E-state index contributed by atoms with van der Waals surface area (Å²) in [5.41, 5.74) is 4.80. The molecule has 0 fully saturated rings. The average molecular weight is 470 g/mol. The fourth-order valence-electron chi connectivity index (χ4n) is 3.79. The third kappa shape index (κ3) is 4.15. The zero-order valence-electron chi connectivity index (χ0n) is 19.0. The maximum absolute atomic E-state index is 13.1. The highest BCUT2D eigenvalue weighted by molar-refractivity contribution is 7.20. The van der Waals surface area contributed by atoms with E-state index in [9.17, 15) is 9.59 Å². The summed E-state index contributed by atoms with van der Waals surface area (Å²) in [5.74, 6) is -0.221. The van der Waals surface area contributed by atoms with Crippen LogP contribution in [0.1, 0.15) is 40.0 Å². The van der Waals surface area contributed by atoms with Gasteiger partial charge >= 0.3 is 0 Å². The lowest BCUT2D eigenvalue weighted by molar-refractivity contribution is 0.0940. The van der Waals surface area contributed by atoms with Crippen LogP contribution in [-0.2, 0) is 0 Å². The van der Waals surface area contributed by atoms with Gasteiger partial charge in [0.1, 0.15) is 0 Å². The van der Waals surface area contributed by atoms with Crippen LogP contribution in [0.5, 0.6) is 0 Å². The van der Waals surface area contributed by atoms with Crippen molar-refractivity contribution in [2.75, 3.05) is 5.32 Å². The quantitative estimate of drug-likeness (QED) is 0.371. The average Bonchev–Trinajstić information content (AvgIpc) is 3.24. The van der Waals surface area contributed by atoms with Gasteiger partial charge in [-0.3, -0.25) is 9.59 Å². The molecule has 170 valence electrons. The Morgan fingerprint density at radius 2 is 1.82 bits per heavy atom. The number of hydrogen-bond acceptors (Lipinski definition) is 6. The summed E-state index contributed by atoms with van der Waals surface area (Å²) < 4.78 is 1.30. The zero-order valence-corrected chi connectivity index (χ0v) is 19.8. The van der Waals surface area contributed by atoms with E-state index in [1.165, 1.54) is 15.9 Å². The molecule has 2 aromatic heterocycles. The third-order valence-corrected chi connectivity index (χ3v) is 6.56. The molecule has 1 amide bonds. The first kappa shape index (κ1) is 21.8. The Labute approximate surface area is 200 Å². The van der Waals surface area contributed by atoms with Gasteiger partial charge in [0.15, 0.2) is 0 Å². The monoisotopic (exact) mass is 469 g/mol. The Balaban J connectivity index is 1.46. The van der Waals surface area contributed by atoms with Crippen LogP contribution in [-0.4, -0.2) is 20.5 Å². The number of hydrogen-bond donors (Lipinski definition) is 2. The predicted octanol–water partition coefficient (Wildman–Crippen LogP) is 5.16. The highest BCUT2D eigenvalue weighted by Gasteiger charge is 2.16. The van der Waals surface area contributed by atoms with Crippen LogP contribution in [0.15, 0.2) is 71.5 Å². The van der Waals surface area contributed by atoms with Crippen LogP contribution in [0.4, 0.5) is 10.8 Å². The SMILES string of the molecule is Cc1ccc(C)c(Nc2nn3c(=O)c4ccc(C(=O)N[C@H](C)c5ccccc5)cc4nc3s2)c1. The molecule has 0 saturated heterocycles. The summed E-state index contributed by atoms with van der Waals surface area (Å²) in [4.78, 5) is 31.0. The lowest BCUT2D eigenvalue weighted by atomic mass is 10.1. The van der Waals surface area contributed by atoms with E-state index in [4.69, 9.17) is 0 Å². The van der Waals surface area contributed by atoms with Gasteiger partial charge in [-0.15, -0.1) is 5.10 Å². The molecule has 34 heavy (non-hydrogen) atoms. The van der Waals surface area contributed by atoms with E-state index < -0.39 is 0 Å². The van der Waals surface area contributed by atoms with Gasteiger partial charge < -0.3 is 10.6 Å². The first-order valence-electron chi connectivity index (χ1n) is 10.9. The van der Waals surface area contributed by atoms with Crippen LogP contribution >= 0.6 is 11.3 Å². The Hall–Kier alpha value is -4.04. The Bertz CT molecular complexity index is 1590. The molecule has 2 heterocycles. The summed E-state index contributed by atoms with van der Waals surface area (Å²) >= 11 is 1.29. The molecule has 0 spiro atoms. The van der Waals surface area contributed by atoms with Gasteiger partial charge in [0, 0.05) is 11.3 Å². The molecule has 5 aromatic rings. The van der Waals surface area contributed by atoms with Crippen molar-refractivity contribution in [3.05, 3.63) is 99.3 Å². The van der Waals surface area contributed by atoms with Crippen molar-refractivity contribution < 1.29 is 4.79 Å². The van der Waals surface area contributed by atoms with Crippen LogP contribution < -0.4 is 16.2 Å². The second-order valence-electron chi connectivity index (χ2n) is 8.30. The van der Waals surface area contributed by atoms with Gasteiger partial charge in [-0.1, -0.05) is 53.8 Å². The van der Waals surface area contributed by atoms with Gasteiger partial charge in [0.2, 0.25) is 10.1 Å². The molecular formula is C26H23N5O2S. The minimum atomic E-state index is -0.269. The lowest BCUT2D eigenvalue weighted by Crippen LogP contribution is -2.26. The van der Waals surface area contributed by atoms with Gasteiger partial charge in [-0.25, -0.2) is 4.98 Å². The van der Waals surface area contributed by atoms with Crippen LogP contribution in [0.2, 0.25) is 0 Å². The zero-order chi connectivity index (χ0) is 23.8. The van der Waals surface area contributed by atoms with Gasteiger partial charge in [0.05, 0.1) is 16.9 Å². The maximum Gasteiger partial charge on any atom is 0.283 e. The smallest absolute Gasteiger partial charge is 0.283 e. The maximum atomic E-state index is 13.1. The number of aromatic nitrogens is 3. The normalized spacial score (nSPS) is 12.1. The van der Waals surface area contributed by atoms with E-state index in [0.29, 0.717) is 26.6 Å². The Morgan fingerprint density at radius 3 is 2.62 bits per heavy atom. The number of fused-ring (bicyclic) bond motifs is 2. The van der Waals surface area contributed by atoms with Crippen molar-refractivity contribution in [3.8, 4) is 0 Å². The molecule has 7 nitrogen and oxygen atoms in total. The van der Waals surface area contributed by atoms with E-state index in [1.807, 2.05) is 69.3 Å². The molecule has 5 rings (SSSR count). The number of carbonyl (C=O) groups is 1. The summed E-state index contributed by atoms with van der Waals surface area (Å²) in [7, 11) is 0. The first-order chi connectivity index (χ1) is 16.4. The van der Waals surface area contributed by atoms with Crippen molar-refractivity contribution in [1.29, 1.82) is 0 Å². The minimum Gasteiger partial charge on any atom is -0.346 e. The highest BCUT2D eigenvalue weighted by Crippen LogP contribution is 2.26. The minimum absolute atomic E-state index is 0.148. The summed E-state index contributed by atoms with van der Waals surface area (Å²) in [5, 5.41) is 11.7. The van der Waals surface area contributed by atoms with Gasteiger partial charge in [0.25, 0.3) is 11.5 Å². The molecular weight excluding hydrogens is 446 g/mol. The fraction of sp³-hybridized carbons (Fsp3) is 0.154. The number of aryl methyl sites for hydroxylation is 2. The van der Waals surface area contributed by atoms with E-state index in [1.54, 1.807) is 18.2 Å². The molecule has 2 N–H and O–H groups in total. The number of amides is 1. The number of benzene rings is 3. The number of anilines is 2. The largest absolute Gasteiger partial charge is 0.346 e. The molecule has 0 aliphatic carbocycles. The van der Waals surface area contributed by atoms with E-state index in [2.05, 4.69) is 20.7 Å². The van der Waals surface area contributed by atoms with Gasteiger partial charge in [-0.2, -0.15) is 4.52 Å².